The number of hydrogen-bond acceptors (Lipinski definition) is 3. The molecule has 0 radical (unpaired) electrons. The van der Waals surface area contributed by atoms with Gasteiger partial charge >= 0.3 is 12.0 Å². The second-order valence-corrected chi connectivity index (χ2v) is 6.99. The van der Waals surface area contributed by atoms with Crippen LogP contribution in [0.4, 0.5) is 4.79 Å². The number of fused-ring (bicyclic) bond motifs is 1. The first-order chi connectivity index (χ1) is 12.6. The molecule has 2 fully saturated rings. The van der Waals surface area contributed by atoms with E-state index in [9.17, 15) is 9.59 Å². The highest BCUT2D eigenvalue weighted by molar-refractivity contribution is 5.90. The molecule has 1 saturated heterocycles. The maximum absolute atomic E-state index is 12.9. The van der Waals surface area contributed by atoms with E-state index in [4.69, 9.17) is 4.74 Å². The van der Waals surface area contributed by atoms with Crippen molar-refractivity contribution in [2.45, 2.75) is 37.8 Å². The highest BCUT2D eigenvalue weighted by Gasteiger charge is 2.40. The van der Waals surface area contributed by atoms with Gasteiger partial charge in [0.15, 0.2) is 0 Å². The highest BCUT2D eigenvalue weighted by atomic mass is 16.5. The number of carbonyl (C=O) groups is 2. The summed E-state index contributed by atoms with van der Waals surface area (Å²) in [6, 6.07) is 13.0. The average molecular weight is 350 g/mol. The first kappa shape index (κ1) is 16.6. The molecule has 5 nitrogen and oxygen atoms in total. The smallest absolute Gasteiger partial charge is 0.319 e. The molecule has 0 spiro atoms. The summed E-state index contributed by atoms with van der Waals surface area (Å²) in [6.07, 6.45) is 3.96. The Balaban J connectivity index is 1.71. The van der Waals surface area contributed by atoms with Crippen molar-refractivity contribution in [2.24, 2.45) is 5.92 Å². The van der Waals surface area contributed by atoms with Crippen LogP contribution in [-0.4, -0.2) is 18.1 Å². The van der Waals surface area contributed by atoms with E-state index in [1.165, 1.54) is 0 Å². The van der Waals surface area contributed by atoms with E-state index >= 15 is 0 Å². The van der Waals surface area contributed by atoms with Gasteiger partial charge in [-0.1, -0.05) is 49.0 Å². The van der Waals surface area contributed by atoms with Crippen LogP contribution in [0.5, 0.6) is 0 Å². The fraction of sp³-hybridized carbons (Fsp3) is 0.333. The zero-order chi connectivity index (χ0) is 18.1. The van der Waals surface area contributed by atoms with Crippen molar-refractivity contribution in [1.29, 1.82) is 0 Å². The molecule has 2 aliphatic rings. The Hall–Kier alpha value is -2.82. The summed E-state index contributed by atoms with van der Waals surface area (Å²) in [5, 5.41) is 7.61. The Kier molecular flexibility index (Phi) is 4.37. The molecule has 1 aliphatic heterocycles. The van der Waals surface area contributed by atoms with Crippen molar-refractivity contribution in [3.8, 4) is 0 Å². The number of benzene rings is 2. The molecule has 4 rings (SSSR count). The number of urea groups is 1. The number of carbonyl (C=O) groups excluding carboxylic acids is 2. The van der Waals surface area contributed by atoms with E-state index in [0.29, 0.717) is 5.70 Å². The molecule has 1 aliphatic carbocycles. The zero-order valence-corrected chi connectivity index (χ0v) is 14.5. The van der Waals surface area contributed by atoms with E-state index in [1.54, 1.807) is 0 Å². The minimum Gasteiger partial charge on any atom is -0.462 e. The number of nitrogens with one attached hydrogen (secondary N) is 2. The third-order valence-corrected chi connectivity index (χ3v) is 5.27. The fourth-order valence-electron chi connectivity index (χ4n) is 3.99. The molecule has 0 bridgehead atoms. The first-order valence-corrected chi connectivity index (χ1v) is 9.08. The van der Waals surface area contributed by atoms with Gasteiger partial charge in [-0.05, 0) is 42.0 Å². The summed E-state index contributed by atoms with van der Waals surface area (Å²) in [7, 11) is 0. The summed E-state index contributed by atoms with van der Waals surface area (Å²) >= 11 is 0. The normalized spacial score (nSPS) is 23.5. The maximum atomic E-state index is 12.9. The Morgan fingerprint density at radius 1 is 1.08 bits per heavy atom. The van der Waals surface area contributed by atoms with Crippen molar-refractivity contribution in [2.75, 3.05) is 0 Å². The van der Waals surface area contributed by atoms with Gasteiger partial charge in [0.1, 0.15) is 12.0 Å². The Labute approximate surface area is 152 Å². The minimum atomic E-state index is -0.654. The standard InChI is InChI=1S/C21H22N2O3/c1-13-18(20(24)26-15-9-3-4-10-15)19(23-21(25)22-13)17-12-6-8-14-7-2-5-11-16(14)17/h2,5-8,11-12,15,18-19H,1,3-4,9-10H2,(H2,22,23,25). The van der Waals surface area contributed by atoms with Gasteiger partial charge < -0.3 is 15.4 Å². The SMILES string of the molecule is C=C1NC(=O)NC(c2cccc3ccccc23)C1C(=O)OC1CCCC1. The molecule has 2 N–H and O–H groups in total. The predicted octanol–water partition coefficient (Wildman–Crippen LogP) is 3.81. The number of ether oxygens (including phenoxy) is 1. The minimum absolute atomic E-state index is 0.0268. The van der Waals surface area contributed by atoms with Gasteiger partial charge in [0, 0.05) is 5.70 Å². The van der Waals surface area contributed by atoms with E-state index in [1.807, 2.05) is 42.5 Å². The van der Waals surface area contributed by atoms with Gasteiger partial charge in [-0.3, -0.25) is 4.79 Å². The van der Waals surface area contributed by atoms with Gasteiger partial charge in [0.2, 0.25) is 0 Å². The fourth-order valence-corrected chi connectivity index (χ4v) is 3.99. The first-order valence-electron chi connectivity index (χ1n) is 9.08. The molecule has 1 heterocycles. The molecule has 1 saturated carbocycles. The third-order valence-electron chi connectivity index (χ3n) is 5.27. The van der Waals surface area contributed by atoms with Crippen LogP contribution in [0.2, 0.25) is 0 Å². The number of amides is 2. The van der Waals surface area contributed by atoms with Crippen molar-refractivity contribution < 1.29 is 14.3 Å². The predicted molar refractivity (Wildman–Crippen MR) is 99.3 cm³/mol. The van der Waals surface area contributed by atoms with Crippen LogP contribution in [0, 0.1) is 5.92 Å². The van der Waals surface area contributed by atoms with Gasteiger partial charge in [-0.2, -0.15) is 0 Å². The lowest BCUT2D eigenvalue weighted by atomic mass is 9.86. The van der Waals surface area contributed by atoms with Crippen molar-refractivity contribution >= 4 is 22.8 Å². The zero-order valence-electron chi connectivity index (χ0n) is 14.5. The van der Waals surface area contributed by atoms with Gasteiger partial charge in [0.05, 0.1) is 6.04 Å². The number of esters is 1. The lowest BCUT2D eigenvalue weighted by Gasteiger charge is -2.34. The highest BCUT2D eigenvalue weighted by Crippen LogP contribution is 2.35. The lowest BCUT2D eigenvalue weighted by molar-refractivity contribution is -0.153. The summed E-state index contributed by atoms with van der Waals surface area (Å²) in [5.74, 6) is -0.980. The Bertz CT molecular complexity index is 865. The molecule has 2 unspecified atom stereocenters. The van der Waals surface area contributed by atoms with E-state index < -0.39 is 12.0 Å². The summed E-state index contributed by atoms with van der Waals surface area (Å²) in [4.78, 5) is 25.0. The van der Waals surface area contributed by atoms with Crippen LogP contribution < -0.4 is 10.6 Å². The molecule has 0 aromatic heterocycles. The molecular weight excluding hydrogens is 328 g/mol. The topological polar surface area (TPSA) is 67.4 Å². The van der Waals surface area contributed by atoms with Crippen molar-refractivity contribution in [3.63, 3.8) is 0 Å². The quantitative estimate of drug-likeness (QED) is 0.827. The Morgan fingerprint density at radius 2 is 1.81 bits per heavy atom. The lowest BCUT2D eigenvalue weighted by Crippen LogP contribution is -2.51. The average Bonchev–Trinajstić information content (AvgIpc) is 3.13. The molecule has 5 heteroatoms. The molecule has 2 aromatic carbocycles. The van der Waals surface area contributed by atoms with Crippen LogP contribution >= 0.6 is 0 Å². The second kappa shape index (κ2) is 6.83. The monoisotopic (exact) mass is 350 g/mol. The van der Waals surface area contributed by atoms with Crippen LogP contribution in [-0.2, 0) is 9.53 Å². The number of rotatable bonds is 3. The van der Waals surface area contributed by atoms with E-state index in [2.05, 4.69) is 17.2 Å². The van der Waals surface area contributed by atoms with E-state index in [-0.39, 0.29) is 18.1 Å². The Morgan fingerprint density at radius 3 is 2.62 bits per heavy atom. The molecule has 2 atom stereocenters. The largest absolute Gasteiger partial charge is 0.462 e. The van der Waals surface area contributed by atoms with Crippen LogP contribution in [0.15, 0.2) is 54.7 Å². The van der Waals surface area contributed by atoms with Crippen LogP contribution in [0.25, 0.3) is 10.8 Å². The summed E-state index contributed by atoms with van der Waals surface area (Å²) in [5.41, 5.74) is 1.28. The van der Waals surface area contributed by atoms with Gasteiger partial charge in [0.25, 0.3) is 0 Å². The second-order valence-electron chi connectivity index (χ2n) is 6.99. The molecule has 2 aromatic rings. The third kappa shape index (κ3) is 3.05. The van der Waals surface area contributed by atoms with Crippen molar-refractivity contribution in [3.05, 3.63) is 60.3 Å². The van der Waals surface area contributed by atoms with Crippen molar-refractivity contribution in [1.82, 2.24) is 10.6 Å². The van der Waals surface area contributed by atoms with Crippen LogP contribution in [0.3, 0.4) is 0 Å². The molecular formula is C21H22N2O3. The van der Waals surface area contributed by atoms with Gasteiger partial charge in [-0.25, -0.2) is 4.79 Å². The maximum Gasteiger partial charge on any atom is 0.319 e. The molecule has 26 heavy (non-hydrogen) atoms. The van der Waals surface area contributed by atoms with E-state index in [0.717, 1.165) is 42.0 Å². The molecule has 134 valence electrons. The summed E-state index contributed by atoms with van der Waals surface area (Å²) < 4.78 is 5.73. The number of hydrogen-bond donors (Lipinski definition) is 2. The molecule has 2 amide bonds. The van der Waals surface area contributed by atoms with Crippen LogP contribution in [0.1, 0.15) is 37.3 Å². The summed E-state index contributed by atoms with van der Waals surface area (Å²) in [6.45, 7) is 3.92. The van der Waals surface area contributed by atoms with Gasteiger partial charge in [-0.15, -0.1) is 0 Å².